The molecular formula is C14H21N3O4. The number of aryl methyl sites for hydroxylation is 1. The highest BCUT2D eigenvalue weighted by atomic mass is 16.4. The predicted octanol–water partition coefficient (Wildman–Crippen LogP) is 1.03. The van der Waals surface area contributed by atoms with Gasteiger partial charge in [-0.2, -0.15) is 5.10 Å². The second kappa shape index (κ2) is 8.18. The fraction of sp³-hybridized carbons (Fsp3) is 0.571. The molecule has 1 unspecified atom stereocenters. The fourth-order valence-electron chi connectivity index (χ4n) is 1.82. The van der Waals surface area contributed by atoms with E-state index in [1.54, 1.807) is 0 Å². The van der Waals surface area contributed by atoms with E-state index in [4.69, 9.17) is 5.11 Å². The summed E-state index contributed by atoms with van der Waals surface area (Å²) in [5, 5.41) is 15.4. The van der Waals surface area contributed by atoms with Gasteiger partial charge in [-0.15, -0.1) is 0 Å². The van der Waals surface area contributed by atoms with E-state index in [9.17, 15) is 14.4 Å². The highest BCUT2D eigenvalue weighted by Gasteiger charge is 2.20. The van der Waals surface area contributed by atoms with Crippen molar-refractivity contribution < 1.29 is 14.7 Å². The van der Waals surface area contributed by atoms with Crippen molar-refractivity contribution in [3.63, 3.8) is 0 Å². The van der Waals surface area contributed by atoms with Gasteiger partial charge in [0.15, 0.2) is 0 Å². The summed E-state index contributed by atoms with van der Waals surface area (Å²) in [5.41, 5.74) is -0.226. The van der Waals surface area contributed by atoms with Gasteiger partial charge in [0.2, 0.25) is 0 Å². The van der Waals surface area contributed by atoms with Crippen LogP contribution in [0.3, 0.4) is 0 Å². The third-order valence-corrected chi connectivity index (χ3v) is 3.00. The maximum absolute atomic E-state index is 12.0. The molecular weight excluding hydrogens is 274 g/mol. The van der Waals surface area contributed by atoms with Gasteiger partial charge < -0.3 is 10.4 Å². The van der Waals surface area contributed by atoms with Crippen molar-refractivity contribution in [2.75, 3.05) is 0 Å². The van der Waals surface area contributed by atoms with Gasteiger partial charge in [0, 0.05) is 12.6 Å². The van der Waals surface area contributed by atoms with E-state index in [0.29, 0.717) is 19.4 Å². The normalized spacial score (nSPS) is 11.9. The molecule has 1 amide bonds. The summed E-state index contributed by atoms with van der Waals surface area (Å²) in [7, 11) is 0. The van der Waals surface area contributed by atoms with Crippen LogP contribution < -0.4 is 10.9 Å². The summed E-state index contributed by atoms with van der Waals surface area (Å²) in [5.74, 6) is -1.66. The molecule has 7 heteroatoms. The largest absolute Gasteiger partial charge is 0.480 e. The van der Waals surface area contributed by atoms with Crippen LogP contribution in [0.5, 0.6) is 0 Å². The van der Waals surface area contributed by atoms with Crippen molar-refractivity contribution in [3.05, 3.63) is 28.2 Å². The first-order valence-electron chi connectivity index (χ1n) is 7.11. The summed E-state index contributed by atoms with van der Waals surface area (Å²) in [4.78, 5) is 34.7. The fourth-order valence-corrected chi connectivity index (χ4v) is 1.82. The molecule has 116 valence electrons. The number of aromatic nitrogens is 2. The second-order valence-corrected chi connectivity index (χ2v) is 4.79. The Morgan fingerprint density at radius 2 is 2.05 bits per heavy atom. The van der Waals surface area contributed by atoms with Crippen molar-refractivity contribution in [2.24, 2.45) is 0 Å². The first-order chi connectivity index (χ1) is 9.99. The van der Waals surface area contributed by atoms with Crippen LogP contribution in [0.25, 0.3) is 0 Å². The molecule has 0 aromatic carbocycles. The molecule has 0 fully saturated rings. The smallest absolute Gasteiger partial charge is 0.326 e. The topological polar surface area (TPSA) is 101 Å². The average Bonchev–Trinajstić information content (AvgIpc) is 2.45. The van der Waals surface area contributed by atoms with Crippen LogP contribution in [0.15, 0.2) is 16.9 Å². The van der Waals surface area contributed by atoms with Crippen LogP contribution in [0.4, 0.5) is 0 Å². The Hall–Kier alpha value is -2.18. The quantitative estimate of drug-likeness (QED) is 0.745. The molecule has 1 heterocycles. The van der Waals surface area contributed by atoms with Gasteiger partial charge in [-0.1, -0.05) is 26.7 Å². The van der Waals surface area contributed by atoms with Crippen LogP contribution in [0.2, 0.25) is 0 Å². The molecule has 1 aromatic rings. The minimum atomic E-state index is -1.08. The van der Waals surface area contributed by atoms with Crippen molar-refractivity contribution in [1.29, 1.82) is 0 Å². The molecule has 0 aliphatic carbocycles. The zero-order chi connectivity index (χ0) is 15.8. The Balaban J connectivity index is 2.86. The molecule has 0 aliphatic heterocycles. The van der Waals surface area contributed by atoms with E-state index in [2.05, 4.69) is 10.4 Å². The van der Waals surface area contributed by atoms with Crippen molar-refractivity contribution in [2.45, 2.75) is 52.1 Å². The van der Waals surface area contributed by atoms with Gasteiger partial charge >= 0.3 is 5.97 Å². The maximum atomic E-state index is 12.0. The second-order valence-electron chi connectivity index (χ2n) is 4.79. The van der Waals surface area contributed by atoms with Gasteiger partial charge in [-0.3, -0.25) is 9.59 Å². The SMILES string of the molecule is CCCCn1nc(C(=O)NC(CCC)C(=O)O)ccc1=O. The van der Waals surface area contributed by atoms with Crippen molar-refractivity contribution >= 4 is 11.9 Å². The number of carbonyl (C=O) groups excluding carboxylic acids is 1. The zero-order valence-electron chi connectivity index (χ0n) is 12.3. The van der Waals surface area contributed by atoms with Gasteiger partial charge in [-0.05, 0) is 18.9 Å². The lowest BCUT2D eigenvalue weighted by Gasteiger charge is -2.13. The minimum Gasteiger partial charge on any atom is -0.480 e. The lowest BCUT2D eigenvalue weighted by molar-refractivity contribution is -0.139. The van der Waals surface area contributed by atoms with Gasteiger partial charge in [-0.25, -0.2) is 9.48 Å². The number of rotatable bonds is 8. The van der Waals surface area contributed by atoms with Crippen molar-refractivity contribution in [1.82, 2.24) is 15.1 Å². The molecule has 0 saturated heterocycles. The highest BCUT2D eigenvalue weighted by molar-refractivity contribution is 5.94. The molecule has 1 aromatic heterocycles. The number of aliphatic carboxylic acids is 1. The molecule has 7 nitrogen and oxygen atoms in total. The van der Waals surface area contributed by atoms with E-state index < -0.39 is 17.9 Å². The molecule has 0 radical (unpaired) electrons. The molecule has 2 N–H and O–H groups in total. The molecule has 0 spiro atoms. The Labute approximate surface area is 123 Å². The van der Waals surface area contributed by atoms with Gasteiger partial charge in [0.1, 0.15) is 11.7 Å². The predicted molar refractivity (Wildman–Crippen MR) is 77.2 cm³/mol. The number of hydrogen-bond donors (Lipinski definition) is 2. The summed E-state index contributed by atoms with van der Waals surface area (Å²) in [6, 6.07) is 1.64. The lowest BCUT2D eigenvalue weighted by atomic mass is 10.1. The number of nitrogens with one attached hydrogen (secondary N) is 1. The third kappa shape index (κ3) is 5.02. The van der Waals surface area contributed by atoms with E-state index in [0.717, 1.165) is 12.8 Å². The molecule has 1 atom stereocenters. The van der Waals surface area contributed by atoms with E-state index in [1.165, 1.54) is 16.8 Å². The molecule has 0 saturated carbocycles. The number of nitrogens with zero attached hydrogens (tertiary/aromatic N) is 2. The zero-order valence-corrected chi connectivity index (χ0v) is 12.3. The first kappa shape index (κ1) is 16.9. The monoisotopic (exact) mass is 295 g/mol. The number of carboxylic acids is 1. The maximum Gasteiger partial charge on any atom is 0.326 e. The molecule has 21 heavy (non-hydrogen) atoms. The summed E-state index contributed by atoms with van der Waals surface area (Å²) >= 11 is 0. The van der Waals surface area contributed by atoms with Crippen LogP contribution in [0.1, 0.15) is 50.0 Å². The van der Waals surface area contributed by atoms with E-state index in [-0.39, 0.29) is 11.3 Å². The third-order valence-electron chi connectivity index (χ3n) is 3.00. The van der Waals surface area contributed by atoms with E-state index >= 15 is 0 Å². The Morgan fingerprint density at radius 1 is 1.33 bits per heavy atom. The molecule has 1 rings (SSSR count). The number of amides is 1. The number of unbranched alkanes of at least 4 members (excludes halogenated alkanes) is 1. The van der Waals surface area contributed by atoms with Crippen LogP contribution in [-0.2, 0) is 11.3 Å². The van der Waals surface area contributed by atoms with E-state index in [1.807, 2.05) is 13.8 Å². The molecule has 0 bridgehead atoms. The summed E-state index contributed by atoms with van der Waals surface area (Å²) in [6.45, 7) is 4.27. The van der Waals surface area contributed by atoms with Gasteiger partial charge in [0.25, 0.3) is 11.5 Å². The minimum absolute atomic E-state index is 0.0491. The lowest BCUT2D eigenvalue weighted by Crippen LogP contribution is -2.41. The Kier molecular flexibility index (Phi) is 6.58. The average molecular weight is 295 g/mol. The summed E-state index contributed by atoms with van der Waals surface area (Å²) < 4.78 is 1.23. The van der Waals surface area contributed by atoms with Crippen LogP contribution in [-0.4, -0.2) is 32.8 Å². The van der Waals surface area contributed by atoms with Crippen LogP contribution >= 0.6 is 0 Å². The van der Waals surface area contributed by atoms with Crippen LogP contribution in [0, 0.1) is 0 Å². The number of carbonyl (C=O) groups is 2. The Bertz CT molecular complexity index is 553. The summed E-state index contributed by atoms with van der Waals surface area (Å²) in [6.07, 6.45) is 2.67. The van der Waals surface area contributed by atoms with Gasteiger partial charge in [0.05, 0.1) is 0 Å². The highest BCUT2D eigenvalue weighted by Crippen LogP contribution is 2.00. The van der Waals surface area contributed by atoms with Crippen molar-refractivity contribution in [3.8, 4) is 0 Å². The number of hydrogen-bond acceptors (Lipinski definition) is 4. The Morgan fingerprint density at radius 3 is 2.62 bits per heavy atom. The standard InChI is InChI=1S/C14H21N3O4/c1-3-5-9-17-12(18)8-7-10(16-17)13(19)15-11(6-4-2)14(20)21/h7-8,11H,3-6,9H2,1-2H3,(H,15,19)(H,20,21). The first-order valence-corrected chi connectivity index (χ1v) is 7.11. The number of carboxylic acid groups (broad SMARTS) is 1. The molecule has 0 aliphatic rings.